The molecule has 1 aromatic heterocycles. The predicted octanol–water partition coefficient (Wildman–Crippen LogP) is 2.20. The summed E-state index contributed by atoms with van der Waals surface area (Å²) in [4.78, 5) is 28.0. The molecule has 1 rings (SSSR count). The molecule has 0 bridgehead atoms. The Kier molecular flexibility index (Phi) is 7.38. The smallest absolute Gasteiger partial charge is 0.328 e. The molecule has 1 aromatic rings. The van der Waals surface area contributed by atoms with Crippen LogP contribution in [0.5, 0.6) is 0 Å². The standard InChI is InChI=1S/C16H24N2O3S/c1-5-21-15(20)13(10-12-6-8-17-9-7-12)18-14(19)11-22-16(2,3)4/h6-9,13H,5,10-11H2,1-4H3,(H,18,19)/t13-/m0/s1. The van der Waals surface area contributed by atoms with Crippen LogP contribution in [0.4, 0.5) is 0 Å². The van der Waals surface area contributed by atoms with E-state index in [1.54, 1.807) is 31.1 Å². The van der Waals surface area contributed by atoms with E-state index in [2.05, 4.69) is 10.3 Å². The lowest BCUT2D eigenvalue weighted by Crippen LogP contribution is -2.44. The minimum atomic E-state index is -0.671. The van der Waals surface area contributed by atoms with Crippen LogP contribution in [0, 0.1) is 0 Å². The van der Waals surface area contributed by atoms with Crippen LogP contribution in [0.2, 0.25) is 0 Å². The third-order valence-corrected chi connectivity index (χ3v) is 4.00. The van der Waals surface area contributed by atoms with Crippen molar-refractivity contribution in [2.24, 2.45) is 0 Å². The molecule has 0 saturated heterocycles. The molecule has 1 atom stereocenters. The zero-order chi connectivity index (χ0) is 16.6. The van der Waals surface area contributed by atoms with Crippen molar-refractivity contribution in [3.63, 3.8) is 0 Å². The normalized spacial score (nSPS) is 12.5. The van der Waals surface area contributed by atoms with Crippen molar-refractivity contribution in [2.45, 2.75) is 44.9 Å². The molecule has 0 saturated carbocycles. The molecule has 1 amide bonds. The van der Waals surface area contributed by atoms with E-state index in [1.807, 2.05) is 32.9 Å². The Labute approximate surface area is 136 Å². The Hall–Kier alpha value is -1.56. The molecule has 0 aliphatic heterocycles. The molecule has 0 aliphatic carbocycles. The first-order valence-electron chi connectivity index (χ1n) is 7.30. The molecular formula is C16H24N2O3S. The van der Waals surface area contributed by atoms with E-state index in [0.29, 0.717) is 12.2 Å². The van der Waals surface area contributed by atoms with Gasteiger partial charge >= 0.3 is 5.97 Å². The van der Waals surface area contributed by atoms with Gasteiger partial charge < -0.3 is 10.1 Å². The molecule has 0 aliphatic rings. The minimum Gasteiger partial charge on any atom is -0.464 e. The van der Waals surface area contributed by atoms with Crippen molar-refractivity contribution in [3.05, 3.63) is 30.1 Å². The van der Waals surface area contributed by atoms with Crippen molar-refractivity contribution in [1.29, 1.82) is 0 Å². The topological polar surface area (TPSA) is 68.3 Å². The number of aromatic nitrogens is 1. The predicted molar refractivity (Wildman–Crippen MR) is 88.7 cm³/mol. The monoisotopic (exact) mass is 324 g/mol. The Morgan fingerprint density at radius 3 is 2.50 bits per heavy atom. The van der Waals surface area contributed by atoms with Crippen molar-refractivity contribution >= 4 is 23.6 Å². The van der Waals surface area contributed by atoms with Crippen LogP contribution in [-0.4, -0.2) is 40.0 Å². The zero-order valence-corrected chi connectivity index (χ0v) is 14.4. The summed E-state index contributed by atoms with van der Waals surface area (Å²) >= 11 is 1.54. The van der Waals surface area contributed by atoms with Gasteiger partial charge in [-0.3, -0.25) is 9.78 Å². The van der Waals surface area contributed by atoms with Gasteiger partial charge in [0.1, 0.15) is 6.04 Å². The largest absolute Gasteiger partial charge is 0.464 e. The van der Waals surface area contributed by atoms with Gasteiger partial charge in [-0.05, 0) is 24.6 Å². The van der Waals surface area contributed by atoms with Crippen LogP contribution in [0.25, 0.3) is 0 Å². The first-order chi connectivity index (χ1) is 10.3. The van der Waals surface area contributed by atoms with Crippen LogP contribution < -0.4 is 5.32 Å². The van der Waals surface area contributed by atoms with Gasteiger partial charge in [0.15, 0.2) is 0 Å². The van der Waals surface area contributed by atoms with Gasteiger partial charge in [-0.25, -0.2) is 4.79 Å². The SMILES string of the molecule is CCOC(=O)[C@H](Cc1ccncc1)NC(=O)CSC(C)(C)C. The molecule has 0 aromatic carbocycles. The number of esters is 1. The van der Waals surface area contributed by atoms with Crippen molar-refractivity contribution in [2.75, 3.05) is 12.4 Å². The maximum Gasteiger partial charge on any atom is 0.328 e. The summed E-state index contributed by atoms with van der Waals surface area (Å²) in [7, 11) is 0. The lowest BCUT2D eigenvalue weighted by atomic mass is 10.1. The van der Waals surface area contributed by atoms with Crippen LogP contribution in [0.15, 0.2) is 24.5 Å². The number of rotatable bonds is 7. The van der Waals surface area contributed by atoms with Crippen LogP contribution in [0.3, 0.4) is 0 Å². The number of thioether (sulfide) groups is 1. The van der Waals surface area contributed by atoms with Crippen molar-refractivity contribution < 1.29 is 14.3 Å². The molecule has 22 heavy (non-hydrogen) atoms. The summed E-state index contributed by atoms with van der Waals surface area (Å²) in [6.45, 7) is 8.18. The van der Waals surface area contributed by atoms with Gasteiger partial charge in [-0.2, -0.15) is 0 Å². The van der Waals surface area contributed by atoms with E-state index >= 15 is 0 Å². The van der Waals surface area contributed by atoms with Crippen LogP contribution in [0.1, 0.15) is 33.3 Å². The molecule has 1 N–H and O–H groups in total. The van der Waals surface area contributed by atoms with Crippen molar-refractivity contribution in [1.82, 2.24) is 10.3 Å². The summed E-state index contributed by atoms with van der Waals surface area (Å²) in [5.41, 5.74) is 0.928. The molecule has 122 valence electrons. The number of hydrogen-bond acceptors (Lipinski definition) is 5. The highest BCUT2D eigenvalue weighted by atomic mass is 32.2. The van der Waals surface area contributed by atoms with Gasteiger partial charge in [0, 0.05) is 23.6 Å². The van der Waals surface area contributed by atoms with Gasteiger partial charge in [-0.15, -0.1) is 11.8 Å². The number of amides is 1. The molecular weight excluding hydrogens is 300 g/mol. The highest BCUT2D eigenvalue weighted by Crippen LogP contribution is 2.22. The van der Waals surface area contributed by atoms with E-state index in [4.69, 9.17) is 4.74 Å². The second kappa shape index (κ2) is 8.78. The lowest BCUT2D eigenvalue weighted by molar-refractivity contribution is -0.147. The number of ether oxygens (including phenoxy) is 1. The summed E-state index contributed by atoms with van der Waals surface area (Å²) in [6.07, 6.45) is 3.72. The van der Waals surface area contributed by atoms with Gasteiger partial charge in [0.2, 0.25) is 5.91 Å². The van der Waals surface area contributed by atoms with Crippen LogP contribution >= 0.6 is 11.8 Å². The Balaban J connectivity index is 2.66. The Morgan fingerprint density at radius 1 is 1.32 bits per heavy atom. The number of carbonyl (C=O) groups excluding carboxylic acids is 2. The molecule has 5 nitrogen and oxygen atoms in total. The number of pyridine rings is 1. The molecule has 0 unspecified atom stereocenters. The number of carbonyl (C=O) groups is 2. The summed E-state index contributed by atoms with van der Waals surface area (Å²) in [5.74, 6) is -0.254. The van der Waals surface area contributed by atoms with E-state index in [9.17, 15) is 9.59 Å². The molecule has 6 heteroatoms. The average molecular weight is 324 g/mol. The van der Waals surface area contributed by atoms with Gasteiger partial charge in [0.25, 0.3) is 0 Å². The highest BCUT2D eigenvalue weighted by Gasteiger charge is 2.23. The average Bonchev–Trinajstić information content (AvgIpc) is 2.45. The first kappa shape index (κ1) is 18.5. The van der Waals surface area contributed by atoms with E-state index in [1.165, 1.54) is 0 Å². The molecule has 0 spiro atoms. The fourth-order valence-corrected chi connectivity index (χ4v) is 2.36. The number of hydrogen-bond donors (Lipinski definition) is 1. The number of nitrogens with one attached hydrogen (secondary N) is 1. The second-order valence-corrected chi connectivity index (χ2v) is 7.63. The molecule has 0 fully saturated rings. The van der Waals surface area contributed by atoms with E-state index in [0.717, 1.165) is 5.56 Å². The first-order valence-corrected chi connectivity index (χ1v) is 8.29. The summed E-state index contributed by atoms with van der Waals surface area (Å²) < 4.78 is 5.05. The Bertz CT molecular complexity index is 486. The molecule has 1 heterocycles. The zero-order valence-electron chi connectivity index (χ0n) is 13.6. The fourth-order valence-electron chi connectivity index (χ4n) is 1.71. The van der Waals surface area contributed by atoms with E-state index in [-0.39, 0.29) is 17.3 Å². The third-order valence-electron chi connectivity index (χ3n) is 2.73. The summed E-state index contributed by atoms with van der Waals surface area (Å²) in [5, 5.41) is 2.77. The lowest BCUT2D eigenvalue weighted by Gasteiger charge is -2.20. The van der Waals surface area contributed by atoms with E-state index < -0.39 is 12.0 Å². The summed E-state index contributed by atoms with van der Waals surface area (Å²) in [6, 6.07) is 2.97. The second-order valence-electron chi connectivity index (χ2n) is 5.83. The van der Waals surface area contributed by atoms with Gasteiger partial charge in [0.05, 0.1) is 12.4 Å². The third kappa shape index (κ3) is 7.45. The molecule has 0 radical (unpaired) electrons. The minimum absolute atomic E-state index is 0.00185. The maximum atomic E-state index is 12.0. The van der Waals surface area contributed by atoms with Crippen molar-refractivity contribution in [3.8, 4) is 0 Å². The Morgan fingerprint density at radius 2 is 1.95 bits per heavy atom. The van der Waals surface area contributed by atoms with Gasteiger partial charge in [-0.1, -0.05) is 20.8 Å². The number of nitrogens with zero attached hydrogens (tertiary/aromatic N) is 1. The highest BCUT2D eigenvalue weighted by molar-refractivity contribution is 8.01. The van der Waals surface area contributed by atoms with Crippen LogP contribution in [-0.2, 0) is 20.7 Å². The quantitative estimate of drug-likeness (QED) is 0.779. The maximum absolute atomic E-state index is 12.0. The fraction of sp³-hybridized carbons (Fsp3) is 0.562.